The molecule has 0 aromatic carbocycles. The van der Waals surface area contributed by atoms with E-state index in [1.807, 2.05) is 27.7 Å². The van der Waals surface area contributed by atoms with Gasteiger partial charge in [-0.1, -0.05) is 19.8 Å². The molecule has 1 saturated carbocycles. The van der Waals surface area contributed by atoms with Crippen molar-refractivity contribution in [3.8, 4) is 0 Å². The van der Waals surface area contributed by atoms with Gasteiger partial charge in [0.05, 0.1) is 5.60 Å². The van der Waals surface area contributed by atoms with E-state index in [1.54, 1.807) is 0 Å². The summed E-state index contributed by atoms with van der Waals surface area (Å²) in [6.45, 7) is 10.5. The first-order valence-corrected chi connectivity index (χ1v) is 7.37. The molecule has 3 atom stereocenters. The maximum absolute atomic E-state index is 12.1. The summed E-state index contributed by atoms with van der Waals surface area (Å²) in [4.78, 5) is 12.1. The monoisotopic (exact) mass is 270 g/mol. The van der Waals surface area contributed by atoms with Gasteiger partial charge >= 0.3 is 0 Å². The molecule has 0 aromatic rings. The lowest BCUT2D eigenvalue weighted by Crippen LogP contribution is -2.52. The molecule has 0 bridgehead atoms. The molecule has 1 aliphatic carbocycles. The average molecular weight is 270 g/mol. The van der Waals surface area contributed by atoms with Gasteiger partial charge in [0.15, 0.2) is 0 Å². The van der Waals surface area contributed by atoms with E-state index in [2.05, 4.69) is 12.2 Å². The lowest BCUT2D eigenvalue weighted by molar-refractivity contribution is -0.152. The minimum Gasteiger partial charge on any atom is -0.361 e. The minimum atomic E-state index is -0.451. The van der Waals surface area contributed by atoms with Crippen LogP contribution in [0.3, 0.4) is 0 Å². The molecule has 3 unspecified atom stereocenters. The second-order valence-corrected chi connectivity index (χ2v) is 7.09. The summed E-state index contributed by atoms with van der Waals surface area (Å²) in [5, 5.41) is 2.96. The SMILES string of the molecule is CC1CCCC(CN)(OC(C)C(=O)NC(C)(C)C)C1. The summed E-state index contributed by atoms with van der Waals surface area (Å²) in [6.07, 6.45) is 3.82. The molecule has 1 rings (SSSR count). The Morgan fingerprint density at radius 2 is 2.16 bits per heavy atom. The number of nitrogens with two attached hydrogens (primary N) is 1. The summed E-state index contributed by atoms with van der Waals surface area (Å²) in [7, 11) is 0. The number of amides is 1. The van der Waals surface area contributed by atoms with Gasteiger partial charge in [-0.05, 0) is 46.5 Å². The molecule has 19 heavy (non-hydrogen) atoms. The third kappa shape index (κ3) is 5.11. The van der Waals surface area contributed by atoms with Gasteiger partial charge in [0.1, 0.15) is 6.10 Å². The van der Waals surface area contributed by atoms with Crippen LogP contribution in [0.1, 0.15) is 60.3 Å². The largest absolute Gasteiger partial charge is 0.361 e. The van der Waals surface area contributed by atoms with Crippen molar-refractivity contribution in [1.82, 2.24) is 5.32 Å². The first-order valence-electron chi connectivity index (χ1n) is 7.37. The Morgan fingerprint density at radius 1 is 1.53 bits per heavy atom. The van der Waals surface area contributed by atoms with Gasteiger partial charge in [-0.25, -0.2) is 0 Å². The van der Waals surface area contributed by atoms with Gasteiger partial charge in [-0.15, -0.1) is 0 Å². The van der Waals surface area contributed by atoms with Crippen molar-refractivity contribution < 1.29 is 9.53 Å². The zero-order chi connectivity index (χ0) is 14.7. The van der Waals surface area contributed by atoms with Crippen LogP contribution in [0.4, 0.5) is 0 Å². The molecule has 0 saturated heterocycles. The molecular weight excluding hydrogens is 240 g/mol. The Kier molecular flexibility index (Phi) is 5.39. The fraction of sp³-hybridized carbons (Fsp3) is 0.933. The van der Waals surface area contributed by atoms with Crippen molar-refractivity contribution in [1.29, 1.82) is 0 Å². The molecule has 0 radical (unpaired) electrons. The number of carbonyl (C=O) groups excluding carboxylic acids is 1. The average Bonchev–Trinajstić information content (AvgIpc) is 2.26. The second-order valence-electron chi connectivity index (χ2n) is 7.09. The molecule has 4 heteroatoms. The molecule has 0 aliphatic heterocycles. The number of hydrogen-bond donors (Lipinski definition) is 2. The fourth-order valence-electron chi connectivity index (χ4n) is 2.85. The summed E-state index contributed by atoms with van der Waals surface area (Å²) in [5.74, 6) is 0.564. The van der Waals surface area contributed by atoms with Crippen LogP contribution in [-0.4, -0.2) is 29.7 Å². The smallest absolute Gasteiger partial charge is 0.249 e. The van der Waals surface area contributed by atoms with Crippen LogP contribution >= 0.6 is 0 Å². The minimum absolute atomic E-state index is 0.0569. The highest BCUT2D eigenvalue weighted by Gasteiger charge is 2.37. The number of ether oxygens (including phenoxy) is 1. The predicted molar refractivity (Wildman–Crippen MR) is 77.9 cm³/mol. The van der Waals surface area contributed by atoms with E-state index in [0.29, 0.717) is 12.5 Å². The van der Waals surface area contributed by atoms with Crippen molar-refractivity contribution in [2.45, 2.75) is 77.5 Å². The summed E-state index contributed by atoms with van der Waals surface area (Å²) >= 11 is 0. The van der Waals surface area contributed by atoms with Crippen molar-refractivity contribution >= 4 is 5.91 Å². The Morgan fingerprint density at radius 3 is 2.63 bits per heavy atom. The van der Waals surface area contributed by atoms with Crippen LogP contribution in [0.25, 0.3) is 0 Å². The maximum Gasteiger partial charge on any atom is 0.249 e. The molecule has 1 fully saturated rings. The van der Waals surface area contributed by atoms with Crippen molar-refractivity contribution in [2.75, 3.05) is 6.54 Å². The number of hydrogen-bond acceptors (Lipinski definition) is 3. The topological polar surface area (TPSA) is 64.3 Å². The van der Waals surface area contributed by atoms with Crippen LogP contribution in [0.5, 0.6) is 0 Å². The Labute approximate surface area is 117 Å². The van der Waals surface area contributed by atoms with E-state index in [9.17, 15) is 4.79 Å². The molecule has 3 N–H and O–H groups in total. The standard InChI is InChI=1S/C15H30N2O2/c1-11-7-6-8-15(9-11,10-16)19-12(2)13(18)17-14(3,4)5/h11-12H,6-10,16H2,1-5H3,(H,17,18). The third-order valence-corrected chi connectivity index (χ3v) is 3.72. The normalized spacial score (nSPS) is 29.9. The van der Waals surface area contributed by atoms with E-state index in [-0.39, 0.29) is 17.0 Å². The lowest BCUT2D eigenvalue weighted by Gasteiger charge is -2.41. The van der Waals surface area contributed by atoms with Gasteiger partial charge in [-0.3, -0.25) is 4.79 Å². The molecule has 1 aliphatic rings. The maximum atomic E-state index is 12.1. The molecular formula is C15H30N2O2. The number of rotatable bonds is 4. The van der Waals surface area contributed by atoms with E-state index in [0.717, 1.165) is 19.3 Å². The first-order chi connectivity index (χ1) is 8.67. The zero-order valence-corrected chi connectivity index (χ0v) is 13.1. The van der Waals surface area contributed by atoms with Crippen LogP contribution in [-0.2, 0) is 9.53 Å². The highest BCUT2D eigenvalue weighted by molar-refractivity contribution is 5.81. The molecule has 0 heterocycles. The van der Waals surface area contributed by atoms with Gasteiger partial charge in [0, 0.05) is 12.1 Å². The number of carbonyl (C=O) groups is 1. The second kappa shape index (κ2) is 6.23. The quantitative estimate of drug-likeness (QED) is 0.823. The van der Waals surface area contributed by atoms with E-state index >= 15 is 0 Å². The molecule has 1 amide bonds. The van der Waals surface area contributed by atoms with Crippen molar-refractivity contribution in [3.05, 3.63) is 0 Å². The van der Waals surface area contributed by atoms with Crippen LogP contribution in [0.2, 0.25) is 0 Å². The van der Waals surface area contributed by atoms with Crippen molar-refractivity contribution in [3.63, 3.8) is 0 Å². The summed E-state index contributed by atoms with van der Waals surface area (Å²) in [6, 6.07) is 0. The molecule has 112 valence electrons. The van der Waals surface area contributed by atoms with E-state index in [1.165, 1.54) is 6.42 Å². The highest BCUT2D eigenvalue weighted by Crippen LogP contribution is 2.35. The van der Waals surface area contributed by atoms with Crippen LogP contribution in [0, 0.1) is 5.92 Å². The Bertz CT molecular complexity index is 312. The van der Waals surface area contributed by atoms with Gasteiger partial charge in [-0.2, -0.15) is 0 Å². The van der Waals surface area contributed by atoms with Gasteiger partial charge in [0.25, 0.3) is 0 Å². The van der Waals surface area contributed by atoms with Crippen LogP contribution < -0.4 is 11.1 Å². The Balaban J connectivity index is 2.62. The van der Waals surface area contributed by atoms with Crippen LogP contribution in [0.15, 0.2) is 0 Å². The third-order valence-electron chi connectivity index (χ3n) is 3.72. The molecule has 0 spiro atoms. The van der Waals surface area contributed by atoms with E-state index in [4.69, 9.17) is 10.5 Å². The molecule has 4 nitrogen and oxygen atoms in total. The van der Waals surface area contributed by atoms with Crippen molar-refractivity contribution in [2.24, 2.45) is 11.7 Å². The first kappa shape index (κ1) is 16.4. The summed E-state index contributed by atoms with van der Waals surface area (Å²) in [5.41, 5.74) is 5.37. The zero-order valence-electron chi connectivity index (χ0n) is 13.1. The highest BCUT2D eigenvalue weighted by atomic mass is 16.5. The molecule has 0 aromatic heterocycles. The van der Waals surface area contributed by atoms with Gasteiger partial charge in [0.2, 0.25) is 5.91 Å². The summed E-state index contributed by atoms with van der Waals surface area (Å²) < 4.78 is 6.07. The Hall–Kier alpha value is -0.610. The lowest BCUT2D eigenvalue weighted by atomic mass is 9.78. The predicted octanol–water partition coefficient (Wildman–Crippen LogP) is 2.21. The van der Waals surface area contributed by atoms with E-state index < -0.39 is 6.10 Å². The fourth-order valence-corrected chi connectivity index (χ4v) is 2.85. The van der Waals surface area contributed by atoms with Gasteiger partial charge < -0.3 is 15.8 Å². The number of nitrogens with one attached hydrogen (secondary N) is 1.